The Bertz CT molecular complexity index is 196. The smallest absolute Gasteiger partial charge is 0.0853 e. The second-order valence-electron chi connectivity index (χ2n) is 4.85. The highest BCUT2D eigenvalue weighted by Gasteiger charge is 2.40. The van der Waals surface area contributed by atoms with Crippen molar-refractivity contribution in [2.45, 2.75) is 44.3 Å². The van der Waals surface area contributed by atoms with Gasteiger partial charge in [0.15, 0.2) is 0 Å². The fourth-order valence-corrected chi connectivity index (χ4v) is 2.14. The van der Waals surface area contributed by atoms with E-state index in [4.69, 9.17) is 20.3 Å². The molecule has 15 heavy (non-hydrogen) atoms. The molecule has 0 spiro atoms. The van der Waals surface area contributed by atoms with Gasteiger partial charge in [-0.3, -0.25) is 0 Å². The maximum atomic E-state index is 8.72. The van der Waals surface area contributed by atoms with E-state index in [1.807, 2.05) is 0 Å². The fraction of sp³-hybridized carbons (Fsp3) is 1.00. The van der Waals surface area contributed by atoms with Crippen LogP contribution in [0, 0.1) is 0 Å². The SMILES string of the molecule is CC1(C)CC(CN)(OCCCO)CCO1. The zero-order valence-electron chi connectivity index (χ0n) is 9.79. The van der Waals surface area contributed by atoms with Gasteiger partial charge in [0.2, 0.25) is 0 Å². The van der Waals surface area contributed by atoms with Gasteiger partial charge in [0.1, 0.15) is 0 Å². The molecule has 0 aromatic carbocycles. The summed E-state index contributed by atoms with van der Waals surface area (Å²) in [5.74, 6) is 0. The van der Waals surface area contributed by atoms with Gasteiger partial charge >= 0.3 is 0 Å². The molecule has 3 N–H and O–H groups in total. The number of nitrogens with two attached hydrogens (primary N) is 1. The van der Waals surface area contributed by atoms with Gasteiger partial charge in [0.05, 0.1) is 17.8 Å². The Morgan fingerprint density at radius 2 is 2.20 bits per heavy atom. The molecule has 4 nitrogen and oxygen atoms in total. The first-order valence-corrected chi connectivity index (χ1v) is 5.62. The van der Waals surface area contributed by atoms with Crippen molar-refractivity contribution in [3.63, 3.8) is 0 Å². The van der Waals surface area contributed by atoms with Crippen LogP contribution in [0.2, 0.25) is 0 Å². The highest BCUT2D eigenvalue weighted by Crippen LogP contribution is 2.34. The largest absolute Gasteiger partial charge is 0.396 e. The van der Waals surface area contributed by atoms with Crippen molar-refractivity contribution in [3.05, 3.63) is 0 Å². The average Bonchev–Trinajstić information content (AvgIpc) is 2.17. The molecule has 1 aliphatic heterocycles. The molecule has 0 aromatic heterocycles. The van der Waals surface area contributed by atoms with Crippen molar-refractivity contribution in [3.8, 4) is 0 Å². The summed E-state index contributed by atoms with van der Waals surface area (Å²) >= 11 is 0. The summed E-state index contributed by atoms with van der Waals surface area (Å²) in [6.45, 7) is 6.08. The first-order chi connectivity index (χ1) is 7.04. The lowest BCUT2D eigenvalue weighted by molar-refractivity contribution is -0.166. The molecule has 0 radical (unpaired) electrons. The number of aliphatic hydroxyl groups is 1. The van der Waals surface area contributed by atoms with Crippen LogP contribution in [0.3, 0.4) is 0 Å². The second kappa shape index (κ2) is 5.25. The summed E-state index contributed by atoms with van der Waals surface area (Å²) in [6.07, 6.45) is 2.34. The second-order valence-corrected chi connectivity index (χ2v) is 4.85. The molecule has 0 aliphatic carbocycles. The lowest BCUT2D eigenvalue weighted by Crippen LogP contribution is -2.52. The Morgan fingerprint density at radius 1 is 1.47 bits per heavy atom. The van der Waals surface area contributed by atoms with E-state index in [-0.39, 0.29) is 17.8 Å². The van der Waals surface area contributed by atoms with E-state index < -0.39 is 0 Å². The minimum Gasteiger partial charge on any atom is -0.396 e. The lowest BCUT2D eigenvalue weighted by Gasteiger charge is -2.44. The maximum Gasteiger partial charge on any atom is 0.0853 e. The third kappa shape index (κ3) is 3.72. The Kier molecular flexibility index (Phi) is 4.52. The first kappa shape index (κ1) is 12.9. The van der Waals surface area contributed by atoms with E-state index in [1.165, 1.54) is 0 Å². The summed E-state index contributed by atoms with van der Waals surface area (Å²) in [6, 6.07) is 0. The van der Waals surface area contributed by atoms with E-state index in [0.29, 0.717) is 26.2 Å². The third-order valence-corrected chi connectivity index (χ3v) is 2.88. The van der Waals surface area contributed by atoms with Crippen molar-refractivity contribution >= 4 is 0 Å². The first-order valence-electron chi connectivity index (χ1n) is 5.62. The van der Waals surface area contributed by atoms with E-state index in [0.717, 1.165) is 12.8 Å². The van der Waals surface area contributed by atoms with E-state index >= 15 is 0 Å². The van der Waals surface area contributed by atoms with E-state index in [1.54, 1.807) is 0 Å². The molecule has 1 rings (SSSR count). The molecule has 1 aliphatic rings. The van der Waals surface area contributed by atoms with Crippen LogP contribution >= 0.6 is 0 Å². The van der Waals surface area contributed by atoms with Gasteiger partial charge in [-0.25, -0.2) is 0 Å². The van der Waals surface area contributed by atoms with Gasteiger partial charge < -0.3 is 20.3 Å². The Labute approximate surface area is 91.7 Å². The molecular formula is C11H23NO3. The molecule has 1 unspecified atom stereocenters. The van der Waals surface area contributed by atoms with Crippen LogP contribution in [0.4, 0.5) is 0 Å². The van der Waals surface area contributed by atoms with Gasteiger partial charge in [-0.1, -0.05) is 0 Å². The van der Waals surface area contributed by atoms with Gasteiger partial charge in [0.25, 0.3) is 0 Å². The van der Waals surface area contributed by atoms with Crippen molar-refractivity contribution in [2.24, 2.45) is 5.73 Å². The number of aliphatic hydroxyl groups excluding tert-OH is 1. The number of hydrogen-bond acceptors (Lipinski definition) is 4. The predicted molar refractivity (Wildman–Crippen MR) is 58.7 cm³/mol. The summed E-state index contributed by atoms with van der Waals surface area (Å²) in [7, 11) is 0. The summed E-state index contributed by atoms with van der Waals surface area (Å²) in [5, 5.41) is 8.72. The monoisotopic (exact) mass is 217 g/mol. The van der Waals surface area contributed by atoms with E-state index in [2.05, 4.69) is 13.8 Å². The molecule has 1 heterocycles. The third-order valence-electron chi connectivity index (χ3n) is 2.88. The Hall–Kier alpha value is -0.160. The van der Waals surface area contributed by atoms with Crippen molar-refractivity contribution in [2.75, 3.05) is 26.4 Å². The van der Waals surface area contributed by atoms with Crippen LogP contribution < -0.4 is 5.73 Å². The molecular weight excluding hydrogens is 194 g/mol. The lowest BCUT2D eigenvalue weighted by atomic mass is 9.84. The summed E-state index contributed by atoms with van der Waals surface area (Å²) < 4.78 is 11.5. The van der Waals surface area contributed by atoms with Crippen LogP contribution in [0.1, 0.15) is 33.1 Å². The van der Waals surface area contributed by atoms with Crippen LogP contribution in [0.15, 0.2) is 0 Å². The van der Waals surface area contributed by atoms with Crippen molar-refractivity contribution < 1.29 is 14.6 Å². The minimum atomic E-state index is -0.253. The van der Waals surface area contributed by atoms with Crippen molar-refractivity contribution in [1.82, 2.24) is 0 Å². The van der Waals surface area contributed by atoms with Gasteiger partial charge in [0, 0.05) is 32.6 Å². The molecule has 1 fully saturated rings. The average molecular weight is 217 g/mol. The number of rotatable bonds is 5. The molecule has 90 valence electrons. The molecule has 1 atom stereocenters. The van der Waals surface area contributed by atoms with Gasteiger partial charge in [-0.05, 0) is 20.3 Å². The summed E-state index contributed by atoms with van der Waals surface area (Å²) in [4.78, 5) is 0. The van der Waals surface area contributed by atoms with E-state index in [9.17, 15) is 0 Å². The molecule has 0 saturated carbocycles. The molecule has 0 bridgehead atoms. The normalized spacial score (nSPS) is 30.4. The van der Waals surface area contributed by atoms with Crippen LogP contribution in [0.25, 0.3) is 0 Å². The zero-order chi connectivity index (χ0) is 11.4. The highest BCUT2D eigenvalue weighted by molar-refractivity contribution is 4.92. The molecule has 1 saturated heterocycles. The van der Waals surface area contributed by atoms with Crippen LogP contribution in [-0.4, -0.2) is 42.7 Å². The quantitative estimate of drug-likeness (QED) is 0.664. The van der Waals surface area contributed by atoms with Gasteiger partial charge in [-0.2, -0.15) is 0 Å². The molecule has 0 amide bonds. The number of ether oxygens (including phenoxy) is 2. The fourth-order valence-electron chi connectivity index (χ4n) is 2.14. The topological polar surface area (TPSA) is 64.7 Å². The zero-order valence-corrected chi connectivity index (χ0v) is 9.79. The standard InChI is InChI=1S/C11H23NO3/c1-10(2)8-11(9-12,4-7-14-10)15-6-3-5-13/h13H,3-9,12H2,1-2H3. The Balaban J connectivity index is 2.51. The molecule has 0 aromatic rings. The maximum absolute atomic E-state index is 8.72. The predicted octanol–water partition coefficient (Wildman–Crippen LogP) is 0.672. The highest BCUT2D eigenvalue weighted by atomic mass is 16.5. The van der Waals surface area contributed by atoms with Crippen LogP contribution in [0.5, 0.6) is 0 Å². The van der Waals surface area contributed by atoms with Crippen molar-refractivity contribution in [1.29, 1.82) is 0 Å². The van der Waals surface area contributed by atoms with Gasteiger partial charge in [-0.15, -0.1) is 0 Å². The number of hydrogen-bond donors (Lipinski definition) is 2. The van der Waals surface area contributed by atoms with Crippen LogP contribution in [-0.2, 0) is 9.47 Å². The molecule has 4 heteroatoms. The Morgan fingerprint density at radius 3 is 2.73 bits per heavy atom. The minimum absolute atomic E-state index is 0.156. The summed E-state index contributed by atoms with van der Waals surface area (Å²) in [5.41, 5.74) is 5.39.